The maximum atomic E-state index is 6.79. The molecule has 3 nitrogen and oxygen atoms in total. The predicted molar refractivity (Wildman–Crippen MR) is 87.4 cm³/mol. The molecule has 1 fully saturated rings. The first-order valence-electron chi connectivity index (χ1n) is 8.55. The van der Waals surface area contributed by atoms with Crippen LogP contribution in [0.2, 0.25) is 0 Å². The third-order valence-corrected chi connectivity index (χ3v) is 5.66. The number of likely N-dealkylation sites (tertiary alicyclic amines) is 1. The van der Waals surface area contributed by atoms with Gasteiger partial charge in [0.2, 0.25) is 0 Å². The van der Waals surface area contributed by atoms with Crippen molar-refractivity contribution in [3.63, 3.8) is 0 Å². The van der Waals surface area contributed by atoms with Gasteiger partial charge in [-0.3, -0.25) is 9.88 Å². The SMILES string of the molecule is CC(C)(C(N)C1CCCc2cccnc21)N1CCCCC1. The Morgan fingerprint density at radius 2 is 2.00 bits per heavy atom. The van der Waals surface area contributed by atoms with Crippen LogP contribution in [-0.2, 0) is 6.42 Å². The molecular weight excluding hydrogens is 258 g/mol. The monoisotopic (exact) mass is 287 g/mol. The van der Waals surface area contributed by atoms with E-state index in [1.807, 2.05) is 6.20 Å². The van der Waals surface area contributed by atoms with E-state index in [0.717, 1.165) is 6.42 Å². The van der Waals surface area contributed by atoms with Crippen molar-refractivity contribution in [2.75, 3.05) is 13.1 Å². The molecule has 2 N–H and O–H groups in total. The van der Waals surface area contributed by atoms with Crippen LogP contribution in [0.3, 0.4) is 0 Å². The molecule has 0 spiro atoms. The van der Waals surface area contributed by atoms with Crippen molar-refractivity contribution in [1.82, 2.24) is 9.88 Å². The largest absolute Gasteiger partial charge is 0.326 e. The third-order valence-electron chi connectivity index (χ3n) is 5.66. The number of aryl methyl sites for hydroxylation is 1. The smallest absolute Gasteiger partial charge is 0.0482 e. The molecule has 2 aliphatic rings. The van der Waals surface area contributed by atoms with Crippen molar-refractivity contribution >= 4 is 0 Å². The van der Waals surface area contributed by atoms with Crippen LogP contribution >= 0.6 is 0 Å². The minimum Gasteiger partial charge on any atom is -0.326 e. The van der Waals surface area contributed by atoms with E-state index in [4.69, 9.17) is 5.73 Å². The van der Waals surface area contributed by atoms with Gasteiger partial charge in [0.15, 0.2) is 0 Å². The molecule has 2 heterocycles. The van der Waals surface area contributed by atoms with Gasteiger partial charge in [-0.15, -0.1) is 0 Å². The minimum atomic E-state index is 0.0528. The lowest BCUT2D eigenvalue weighted by Gasteiger charge is -2.47. The summed E-state index contributed by atoms with van der Waals surface area (Å²) in [5, 5.41) is 0. The Morgan fingerprint density at radius 1 is 1.24 bits per heavy atom. The molecule has 3 heteroatoms. The highest BCUT2D eigenvalue weighted by molar-refractivity contribution is 5.28. The van der Waals surface area contributed by atoms with E-state index in [0.29, 0.717) is 5.92 Å². The first kappa shape index (κ1) is 15.0. The van der Waals surface area contributed by atoms with Crippen LogP contribution in [0.1, 0.15) is 63.1 Å². The first-order chi connectivity index (χ1) is 10.1. The van der Waals surface area contributed by atoms with Gasteiger partial charge in [0.05, 0.1) is 0 Å². The molecule has 0 bridgehead atoms. The number of hydrogen-bond acceptors (Lipinski definition) is 3. The highest BCUT2D eigenvalue weighted by Crippen LogP contribution is 2.37. The number of fused-ring (bicyclic) bond motifs is 1. The molecule has 0 radical (unpaired) electrons. The van der Waals surface area contributed by atoms with Gasteiger partial charge in [-0.05, 0) is 70.7 Å². The first-order valence-corrected chi connectivity index (χ1v) is 8.55. The van der Waals surface area contributed by atoms with Crippen molar-refractivity contribution < 1.29 is 0 Å². The number of pyridine rings is 1. The Bertz CT molecular complexity index is 477. The average molecular weight is 287 g/mol. The molecule has 1 aliphatic heterocycles. The molecule has 1 aromatic heterocycles. The molecule has 1 aliphatic carbocycles. The molecule has 0 saturated carbocycles. The van der Waals surface area contributed by atoms with Crippen molar-refractivity contribution in [3.05, 3.63) is 29.6 Å². The summed E-state index contributed by atoms with van der Waals surface area (Å²) in [5.41, 5.74) is 9.52. The summed E-state index contributed by atoms with van der Waals surface area (Å²) in [6.45, 7) is 7.06. The van der Waals surface area contributed by atoms with E-state index < -0.39 is 0 Å². The summed E-state index contributed by atoms with van der Waals surface area (Å²) in [6.07, 6.45) is 9.52. The third kappa shape index (κ3) is 2.86. The van der Waals surface area contributed by atoms with E-state index in [1.165, 1.54) is 56.5 Å². The molecule has 1 saturated heterocycles. The summed E-state index contributed by atoms with van der Waals surface area (Å²) in [6, 6.07) is 4.45. The van der Waals surface area contributed by atoms with E-state index in [1.54, 1.807) is 0 Å². The fraction of sp³-hybridized carbons (Fsp3) is 0.722. The lowest BCUT2D eigenvalue weighted by molar-refractivity contribution is 0.0622. The van der Waals surface area contributed by atoms with E-state index in [2.05, 4.69) is 35.9 Å². The van der Waals surface area contributed by atoms with E-state index in [-0.39, 0.29) is 11.6 Å². The highest BCUT2D eigenvalue weighted by Gasteiger charge is 2.40. The maximum absolute atomic E-state index is 6.79. The van der Waals surface area contributed by atoms with Crippen LogP contribution in [0.4, 0.5) is 0 Å². The Labute approximate surface area is 128 Å². The average Bonchev–Trinajstić information content (AvgIpc) is 2.54. The fourth-order valence-electron chi connectivity index (χ4n) is 4.17. The van der Waals surface area contributed by atoms with Crippen molar-refractivity contribution in [1.29, 1.82) is 0 Å². The second-order valence-electron chi connectivity index (χ2n) is 7.27. The van der Waals surface area contributed by atoms with Crippen LogP contribution in [0, 0.1) is 0 Å². The number of nitrogens with zero attached hydrogens (tertiary/aromatic N) is 2. The van der Waals surface area contributed by atoms with Gasteiger partial charge in [0.25, 0.3) is 0 Å². The van der Waals surface area contributed by atoms with Gasteiger partial charge in [0, 0.05) is 29.4 Å². The number of rotatable bonds is 3. The van der Waals surface area contributed by atoms with Crippen LogP contribution in [0.25, 0.3) is 0 Å². The van der Waals surface area contributed by atoms with Crippen LogP contribution < -0.4 is 5.73 Å². The van der Waals surface area contributed by atoms with Gasteiger partial charge < -0.3 is 5.73 Å². The zero-order valence-corrected chi connectivity index (χ0v) is 13.5. The van der Waals surface area contributed by atoms with Crippen LogP contribution in [0.5, 0.6) is 0 Å². The van der Waals surface area contributed by atoms with Crippen molar-refractivity contribution in [3.8, 4) is 0 Å². The predicted octanol–water partition coefficient (Wildman–Crippen LogP) is 3.09. The molecule has 0 aromatic carbocycles. The normalized spacial score (nSPS) is 25.4. The Morgan fingerprint density at radius 3 is 2.76 bits per heavy atom. The molecule has 2 unspecified atom stereocenters. The lowest BCUT2D eigenvalue weighted by Crippen LogP contribution is -2.59. The van der Waals surface area contributed by atoms with Gasteiger partial charge in [-0.25, -0.2) is 0 Å². The van der Waals surface area contributed by atoms with Crippen LogP contribution in [0.15, 0.2) is 18.3 Å². The van der Waals surface area contributed by atoms with Crippen molar-refractivity contribution in [2.24, 2.45) is 5.73 Å². The Hall–Kier alpha value is -0.930. The van der Waals surface area contributed by atoms with E-state index in [9.17, 15) is 0 Å². The Kier molecular flexibility index (Phi) is 4.32. The number of aromatic nitrogens is 1. The molecule has 1 aromatic rings. The van der Waals surface area contributed by atoms with Gasteiger partial charge in [-0.1, -0.05) is 12.5 Å². The zero-order valence-electron chi connectivity index (χ0n) is 13.5. The molecule has 0 amide bonds. The van der Waals surface area contributed by atoms with Gasteiger partial charge >= 0.3 is 0 Å². The molecule has 3 rings (SSSR count). The Balaban J connectivity index is 1.83. The fourth-order valence-corrected chi connectivity index (χ4v) is 4.17. The summed E-state index contributed by atoms with van der Waals surface area (Å²) >= 11 is 0. The molecule has 21 heavy (non-hydrogen) atoms. The van der Waals surface area contributed by atoms with Gasteiger partial charge in [-0.2, -0.15) is 0 Å². The standard InChI is InChI=1S/C18H29N3/c1-18(2,21-12-4-3-5-13-21)17(19)15-10-6-8-14-9-7-11-20-16(14)15/h7,9,11,15,17H,3-6,8,10,12-13,19H2,1-2H3. The summed E-state index contributed by atoms with van der Waals surface area (Å²) in [7, 11) is 0. The summed E-state index contributed by atoms with van der Waals surface area (Å²) < 4.78 is 0. The van der Waals surface area contributed by atoms with Crippen LogP contribution in [-0.4, -0.2) is 34.6 Å². The number of nitrogens with two attached hydrogens (primary N) is 1. The topological polar surface area (TPSA) is 42.1 Å². The van der Waals surface area contributed by atoms with Crippen molar-refractivity contribution in [2.45, 2.75) is 69.9 Å². The zero-order chi connectivity index (χ0) is 14.9. The quantitative estimate of drug-likeness (QED) is 0.929. The number of piperidine rings is 1. The summed E-state index contributed by atoms with van der Waals surface area (Å²) in [4.78, 5) is 7.29. The van der Waals surface area contributed by atoms with Gasteiger partial charge in [0.1, 0.15) is 0 Å². The second kappa shape index (κ2) is 6.05. The second-order valence-corrected chi connectivity index (χ2v) is 7.27. The summed E-state index contributed by atoms with van der Waals surface area (Å²) in [5.74, 6) is 0.409. The number of hydrogen-bond donors (Lipinski definition) is 1. The van der Waals surface area contributed by atoms with E-state index >= 15 is 0 Å². The highest BCUT2D eigenvalue weighted by atomic mass is 15.2. The minimum absolute atomic E-state index is 0.0528. The lowest BCUT2D eigenvalue weighted by atomic mass is 9.75. The molecular formula is C18H29N3. The molecule has 2 atom stereocenters. The maximum Gasteiger partial charge on any atom is 0.0482 e. The molecule has 116 valence electrons.